The molecular formula is C11H17N3O2S. The average Bonchev–Trinajstić information content (AvgIpc) is 2.73. The van der Waals surface area contributed by atoms with Crippen molar-refractivity contribution in [2.75, 3.05) is 7.05 Å². The molecule has 0 aromatic rings. The second-order valence-corrected chi connectivity index (χ2v) is 5.70. The Bertz CT molecular complexity index is 378. The van der Waals surface area contributed by atoms with E-state index in [1.54, 1.807) is 0 Å². The first kappa shape index (κ1) is 12.6. The number of nitrogens with one attached hydrogen (secondary N) is 1. The minimum absolute atomic E-state index is 0.224. The molecule has 1 N–H and O–H groups in total. The van der Waals surface area contributed by atoms with Gasteiger partial charge in [-0.1, -0.05) is 13.8 Å². The summed E-state index contributed by atoms with van der Waals surface area (Å²) in [6.45, 7) is 6.29. The van der Waals surface area contributed by atoms with E-state index in [9.17, 15) is 9.59 Å². The second-order valence-electron chi connectivity index (χ2n) is 4.84. The van der Waals surface area contributed by atoms with Crippen LogP contribution in [0.25, 0.3) is 0 Å². The zero-order chi connectivity index (χ0) is 12.8. The molecule has 2 rings (SSSR count). The quantitative estimate of drug-likeness (QED) is 0.583. The second kappa shape index (κ2) is 4.12. The van der Waals surface area contributed by atoms with Gasteiger partial charge in [0.25, 0.3) is 11.8 Å². The van der Waals surface area contributed by atoms with Crippen molar-refractivity contribution in [3.05, 3.63) is 12.2 Å². The van der Waals surface area contributed by atoms with Crippen LogP contribution in [0.15, 0.2) is 12.2 Å². The SMILES string of the molecule is CC(C)C1(C)NSC(N2C(=O)C=CC2=O)N1C. The molecule has 0 spiro atoms. The first-order chi connectivity index (χ1) is 7.88. The van der Waals surface area contributed by atoms with Crippen LogP contribution in [0.2, 0.25) is 0 Å². The molecule has 0 aliphatic carbocycles. The number of amides is 2. The van der Waals surface area contributed by atoms with Gasteiger partial charge >= 0.3 is 0 Å². The molecule has 1 saturated heterocycles. The molecule has 2 unspecified atom stereocenters. The van der Waals surface area contributed by atoms with Crippen molar-refractivity contribution in [3.8, 4) is 0 Å². The number of nitrogens with zero attached hydrogens (tertiary/aromatic N) is 2. The zero-order valence-electron chi connectivity index (χ0n) is 10.4. The lowest BCUT2D eigenvalue weighted by molar-refractivity contribution is -0.141. The molecule has 0 saturated carbocycles. The lowest BCUT2D eigenvalue weighted by Gasteiger charge is -2.38. The van der Waals surface area contributed by atoms with Gasteiger partial charge in [0, 0.05) is 12.2 Å². The Kier molecular flexibility index (Phi) is 3.05. The number of rotatable bonds is 2. The summed E-state index contributed by atoms with van der Waals surface area (Å²) < 4.78 is 3.32. The predicted molar refractivity (Wildman–Crippen MR) is 66.5 cm³/mol. The smallest absolute Gasteiger partial charge is 0.255 e. The van der Waals surface area contributed by atoms with E-state index in [4.69, 9.17) is 0 Å². The van der Waals surface area contributed by atoms with E-state index in [-0.39, 0.29) is 23.0 Å². The maximum absolute atomic E-state index is 11.6. The Morgan fingerprint density at radius 3 is 2.29 bits per heavy atom. The van der Waals surface area contributed by atoms with E-state index < -0.39 is 0 Å². The van der Waals surface area contributed by atoms with Crippen LogP contribution in [0, 0.1) is 5.92 Å². The zero-order valence-corrected chi connectivity index (χ0v) is 11.2. The highest BCUT2D eigenvalue weighted by Crippen LogP contribution is 2.37. The van der Waals surface area contributed by atoms with Crippen LogP contribution in [0.5, 0.6) is 0 Å². The fraction of sp³-hybridized carbons (Fsp3) is 0.636. The number of imide groups is 1. The molecule has 2 atom stereocenters. The third-order valence-electron chi connectivity index (χ3n) is 3.62. The van der Waals surface area contributed by atoms with Gasteiger partial charge in [0.2, 0.25) is 0 Å². The molecule has 0 aromatic heterocycles. The topological polar surface area (TPSA) is 52.7 Å². The predicted octanol–water partition coefficient (Wildman–Crippen LogP) is 0.750. The number of carbonyl (C=O) groups excluding carboxylic acids is 2. The molecule has 6 heteroatoms. The summed E-state index contributed by atoms with van der Waals surface area (Å²) in [5, 5.41) is 0. The summed E-state index contributed by atoms with van der Waals surface area (Å²) >= 11 is 1.41. The Hall–Kier alpha value is -0.850. The van der Waals surface area contributed by atoms with Crippen LogP contribution in [0.1, 0.15) is 20.8 Å². The summed E-state index contributed by atoms with van der Waals surface area (Å²) in [5.74, 6) is -0.117. The highest BCUT2D eigenvalue weighted by Gasteiger charge is 2.48. The molecule has 2 aliphatic rings. The van der Waals surface area contributed by atoms with Gasteiger partial charge in [-0.25, -0.2) is 9.62 Å². The Labute approximate surface area is 105 Å². The average molecular weight is 255 g/mol. The van der Waals surface area contributed by atoms with Gasteiger partial charge in [0.1, 0.15) is 0 Å². The van der Waals surface area contributed by atoms with Crippen molar-refractivity contribution in [2.45, 2.75) is 31.9 Å². The van der Waals surface area contributed by atoms with E-state index in [1.807, 2.05) is 11.9 Å². The highest BCUT2D eigenvalue weighted by atomic mass is 32.2. The van der Waals surface area contributed by atoms with Crippen LogP contribution < -0.4 is 4.72 Å². The summed E-state index contributed by atoms with van der Waals surface area (Å²) in [7, 11) is 1.93. The fourth-order valence-electron chi connectivity index (χ4n) is 1.93. The monoisotopic (exact) mass is 255 g/mol. The molecule has 2 aliphatic heterocycles. The van der Waals surface area contributed by atoms with Crippen molar-refractivity contribution < 1.29 is 9.59 Å². The van der Waals surface area contributed by atoms with Gasteiger partial charge in [-0.15, -0.1) is 0 Å². The Morgan fingerprint density at radius 2 is 1.88 bits per heavy atom. The molecule has 94 valence electrons. The summed E-state index contributed by atoms with van der Waals surface area (Å²) in [6, 6.07) is 0. The van der Waals surface area contributed by atoms with Gasteiger partial charge in [-0.05, 0) is 31.8 Å². The first-order valence-electron chi connectivity index (χ1n) is 5.59. The molecule has 2 amide bonds. The third-order valence-corrected chi connectivity index (χ3v) is 4.89. The summed E-state index contributed by atoms with van der Waals surface area (Å²) in [6.07, 6.45) is 2.64. The van der Waals surface area contributed by atoms with Crippen molar-refractivity contribution in [1.29, 1.82) is 0 Å². The van der Waals surface area contributed by atoms with Gasteiger partial charge in [-0.3, -0.25) is 14.5 Å². The van der Waals surface area contributed by atoms with Crippen molar-refractivity contribution in [1.82, 2.24) is 14.5 Å². The van der Waals surface area contributed by atoms with Crippen LogP contribution in [-0.4, -0.2) is 39.8 Å². The van der Waals surface area contributed by atoms with E-state index in [1.165, 1.54) is 29.0 Å². The van der Waals surface area contributed by atoms with E-state index in [0.29, 0.717) is 5.92 Å². The normalized spacial score (nSPS) is 34.4. The number of carbonyl (C=O) groups is 2. The minimum Gasteiger partial charge on any atom is -0.269 e. The molecular weight excluding hydrogens is 238 g/mol. The van der Waals surface area contributed by atoms with Gasteiger partial charge in [-0.2, -0.15) is 0 Å². The molecule has 17 heavy (non-hydrogen) atoms. The molecule has 0 radical (unpaired) electrons. The largest absolute Gasteiger partial charge is 0.269 e. The van der Waals surface area contributed by atoms with Crippen molar-refractivity contribution in [2.24, 2.45) is 5.92 Å². The summed E-state index contributed by atoms with van der Waals surface area (Å²) in [4.78, 5) is 26.6. The minimum atomic E-state index is -0.280. The summed E-state index contributed by atoms with van der Waals surface area (Å²) in [5.41, 5.74) is -0.504. The molecule has 0 bridgehead atoms. The van der Waals surface area contributed by atoms with Crippen molar-refractivity contribution in [3.63, 3.8) is 0 Å². The van der Waals surface area contributed by atoms with Gasteiger partial charge in [0.05, 0.1) is 5.66 Å². The lowest BCUT2D eigenvalue weighted by Crippen LogP contribution is -2.56. The molecule has 0 aromatic carbocycles. The van der Waals surface area contributed by atoms with Crippen LogP contribution in [-0.2, 0) is 9.59 Å². The number of hydrogen-bond acceptors (Lipinski definition) is 5. The van der Waals surface area contributed by atoms with E-state index >= 15 is 0 Å². The fourth-order valence-corrected chi connectivity index (χ4v) is 3.35. The number of hydrogen-bond donors (Lipinski definition) is 1. The van der Waals surface area contributed by atoms with Gasteiger partial charge < -0.3 is 0 Å². The van der Waals surface area contributed by atoms with E-state index in [2.05, 4.69) is 25.5 Å². The molecule has 5 nitrogen and oxygen atoms in total. The standard InChI is InChI=1S/C11H17N3O2S/c1-7(2)11(3)12-17-10(13(11)4)14-8(15)5-6-9(14)16/h5-7,10,12H,1-4H3. The maximum Gasteiger partial charge on any atom is 0.255 e. The third kappa shape index (κ3) is 1.80. The van der Waals surface area contributed by atoms with E-state index in [0.717, 1.165) is 0 Å². The van der Waals surface area contributed by atoms with Crippen molar-refractivity contribution >= 4 is 23.8 Å². The lowest BCUT2D eigenvalue weighted by atomic mass is 9.98. The van der Waals surface area contributed by atoms with Crippen LogP contribution in [0.3, 0.4) is 0 Å². The van der Waals surface area contributed by atoms with Crippen LogP contribution >= 0.6 is 11.9 Å². The molecule has 1 fully saturated rings. The van der Waals surface area contributed by atoms with Gasteiger partial charge in [0.15, 0.2) is 5.50 Å². The highest BCUT2D eigenvalue weighted by molar-refractivity contribution is 7.98. The maximum atomic E-state index is 11.6. The molecule has 2 heterocycles. The Morgan fingerprint density at radius 1 is 1.35 bits per heavy atom. The van der Waals surface area contributed by atoms with Crippen LogP contribution in [0.4, 0.5) is 0 Å². The first-order valence-corrected chi connectivity index (χ1v) is 6.47. The Balaban J connectivity index is 2.21.